The Bertz CT molecular complexity index is 401. The summed E-state index contributed by atoms with van der Waals surface area (Å²) in [6.07, 6.45) is 3.98. The average molecular weight is 232 g/mol. The number of phenolic OH excluding ortho intramolecular Hbond substituents is 1. The molecule has 0 spiro atoms. The first-order valence-electron chi connectivity index (χ1n) is 5.95. The highest BCUT2D eigenvalue weighted by Crippen LogP contribution is 2.14. The minimum atomic E-state index is 0.0230. The van der Waals surface area contributed by atoms with E-state index in [1.807, 2.05) is 26.0 Å². The third-order valence-corrected chi connectivity index (χ3v) is 3.13. The van der Waals surface area contributed by atoms with Crippen LogP contribution in [0, 0.1) is 5.92 Å². The lowest BCUT2D eigenvalue weighted by Crippen LogP contribution is -2.07. The summed E-state index contributed by atoms with van der Waals surface area (Å²) < 4.78 is 0. The van der Waals surface area contributed by atoms with E-state index in [9.17, 15) is 4.79 Å². The monoisotopic (exact) mass is 232 g/mol. The average Bonchev–Trinajstić information content (AvgIpc) is 2.30. The fourth-order valence-electron chi connectivity index (χ4n) is 1.63. The molecule has 1 atom stereocenters. The molecule has 1 N–H and O–H groups in total. The van der Waals surface area contributed by atoms with Crippen LogP contribution in [0.3, 0.4) is 0 Å². The van der Waals surface area contributed by atoms with Gasteiger partial charge in [-0.3, -0.25) is 4.79 Å². The van der Waals surface area contributed by atoms with Crippen LogP contribution in [-0.4, -0.2) is 10.9 Å². The highest BCUT2D eigenvalue weighted by Gasteiger charge is 2.08. The summed E-state index contributed by atoms with van der Waals surface area (Å²) in [5.74, 6) is 0.531. The molecule has 0 fully saturated rings. The maximum Gasteiger partial charge on any atom is 0.136 e. The van der Waals surface area contributed by atoms with Crippen LogP contribution in [0.4, 0.5) is 0 Å². The van der Waals surface area contributed by atoms with Gasteiger partial charge < -0.3 is 5.11 Å². The van der Waals surface area contributed by atoms with Crippen molar-refractivity contribution in [1.29, 1.82) is 0 Å². The van der Waals surface area contributed by atoms with Gasteiger partial charge in [0.1, 0.15) is 11.5 Å². The lowest BCUT2D eigenvalue weighted by molar-refractivity contribution is -0.119. The van der Waals surface area contributed by atoms with Crippen molar-refractivity contribution in [2.24, 2.45) is 5.92 Å². The van der Waals surface area contributed by atoms with Crippen molar-refractivity contribution in [2.75, 3.05) is 0 Å². The number of rotatable bonds is 5. The summed E-state index contributed by atoms with van der Waals surface area (Å²) >= 11 is 0. The highest BCUT2D eigenvalue weighted by atomic mass is 16.3. The number of hydrogen-bond acceptors (Lipinski definition) is 2. The van der Waals surface area contributed by atoms with E-state index >= 15 is 0 Å². The van der Waals surface area contributed by atoms with Crippen molar-refractivity contribution >= 4 is 5.78 Å². The van der Waals surface area contributed by atoms with Crippen molar-refractivity contribution in [2.45, 2.75) is 33.6 Å². The Labute approximate surface area is 103 Å². The summed E-state index contributed by atoms with van der Waals surface area (Å²) in [6, 6.07) is 7.24. The van der Waals surface area contributed by atoms with Crippen LogP contribution in [0.25, 0.3) is 0 Å². The summed E-state index contributed by atoms with van der Waals surface area (Å²) in [7, 11) is 0. The molecule has 1 rings (SSSR count). The third kappa shape index (κ3) is 4.43. The van der Waals surface area contributed by atoms with Crippen LogP contribution >= 0.6 is 0 Å². The summed E-state index contributed by atoms with van der Waals surface area (Å²) in [6.45, 7) is 5.57. The Hall–Kier alpha value is -1.57. The topological polar surface area (TPSA) is 37.3 Å². The predicted molar refractivity (Wildman–Crippen MR) is 70.0 cm³/mol. The molecule has 1 aromatic rings. The number of aromatic hydroxyl groups is 1. The molecular weight excluding hydrogens is 212 g/mol. The standard InChI is InChI=1S/C15H20O2/c1-11(12(2)13(3)16)5-4-6-14-7-9-15(17)10-8-14/h5,7-10,12,17H,4,6H2,1-3H3/b11-5+. The fraction of sp³-hybridized carbons (Fsp3) is 0.400. The number of hydrogen-bond donors (Lipinski definition) is 1. The van der Waals surface area contributed by atoms with Gasteiger partial charge in [-0.05, 0) is 44.4 Å². The first kappa shape index (κ1) is 13.5. The van der Waals surface area contributed by atoms with E-state index in [0.29, 0.717) is 5.75 Å². The predicted octanol–water partition coefficient (Wildman–Crippen LogP) is 3.50. The van der Waals surface area contributed by atoms with Crippen LogP contribution in [0.2, 0.25) is 0 Å². The molecule has 0 aliphatic heterocycles. The van der Waals surface area contributed by atoms with Crippen molar-refractivity contribution in [3.8, 4) is 5.75 Å². The second-order valence-corrected chi connectivity index (χ2v) is 4.49. The second-order valence-electron chi connectivity index (χ2n) is 4.49. The lowest BCUT2D eigenvalue weighted by Gasteiger charge is -2.07. The minimum Gasteiger partial charge on any atom is -0.508 e. The van der Waals surface area contributed by atoms with Gasteiger partial charge in [0, 0.05) is 5.92 Å². The zero-order chi connectivity index (χ0) is 12.8. The number of Topliss-reactive ketones (excluding diaryl/α,β-unsaturated/α-hetero) is 1. The Morgan fingerprint density at radius 3 is 2.41 bits per heavy atom. The Kier molecular flexibility index (Phi) is 4.95. The second kappa shape index (κ2) is 6.24. The molecule has 0 amide bonds. The molecule has 1 aromatic carbocycles. The number of allylic oxidation sites excluding steroid dienone is 2. The van der Waals surface area contributed by atoms with E-state index in [1.165, 1.54) is 5.56 Å². The molecule has 0 saturated heterocycles. The summed E-state index contributed by atoms with van der Waals surface area (Å²) in [4.78, 5) is 11.2. The molecule has 0 heterocycles. The van der Waals surface area contributed by atoms with Gasteiger partial charge in [0.2, 0.25) is 0 Å². The summed E-state index contributed by atoms with van der Waals surface area (Å²) in [5, 5.41) is 9.15. The molecule has 2 heteroatoms. The van der Waals surface area contributed by atoms with Crippen molar-refractivity contribution in [3.63, 3.8) is 0 Å². The molecule has 17 heavy (non-hydrogen) atoms. The van der Waals surface area contributed by atoms with Crippen molar-refractivity contribution in [3.05, 3.63) is 41.5 Å². The molecule has 0 saturated carbocycles. The van der Waals surface area contributed by atoms with E-state index in [0.717, 1.165) is 18.4 Å². The maximum atomic E-state index is 11.2. The quantitative estimate of drug-likeness (QED) is 0.789. The van der Waals surface area contributed by atoms with Gasteiger partial charge in [-0.2, -0.15) is 0 Å². The van der Waals surface area contributed by atoms with Gasteiger partial charge in [0.05, 0.1) is 0 Å². The SMILES string of the molecule is CC(=O)C(C)/C(C)=C/CCc1ccc(O)cc1. The van der Waals surface area contributed by atoms with Gasteiger partial charge in [-0.1, -0.05) is 30.7 Å². The number of carbonyl (C=O) groups is 1. The van der Waals surface area contributed by atoms with Crippen LogP contribution in [0.1, 0.15) is 32.8 Å². The van der Waals surface area contributed by atoms with Crippen molar-refractivity contribution in [1.82, 2.24) is 0 Å². The van der Waals surface area contributed by atoms with E-state index in [2.05, 4.69) is 6.08 Å². The first-order chi connectivity index (χ1) is 8.00. The molecular formula is C15H20O2. The third-order valence-electron chi connectivity index (χ3n) is 3.13. The zero-order valence-electron chi connectivity index (χ0n) is 10.7. The van der Waals surface area contributed by atoms with Gasteiger partial charge >= 0.3 is 0 Å². The molecule has 0 radical (unpaired) electrons. The Balaban J connectivity index is 2.49. The smallest absolute Gasteiger partial charge is 0.136 e. The molecule has 2 nitrogen and oxygen atoms in total. The molecule has 92 valence electrons. The first-order valence-corrected chi connectivity index (χ1v) is 5.95. The largest absolute Gasteiger partial charge is 0.508 e. The van der Waals surface area contributed by atoms with Crippen molar-refractivity contribution < 1.29 is 9.90 Å². The fourth-order valence-corrected chi connectivity index (χ4v) is 1.63. The number of phenols is 1. The van der Waals surface area contributed by atoms with Crippen LogP contribution < -0.4 is 0 Å². The van der Waals surface area contributed by atoms with Crippen LogP contribution in [0.15, 0.2) is 35.9 Å². The Morgan fingerprint density at radius 1 is 1.29 bits per heavy atom. The molecule has 0 bridgehead atoms. The Morgan fingerprint density at radius 2 is 1.88 bits per heavy atom. The molecule has 0 aromatic heterocycles. The van der Waals surface area contributed by atoms with Crippen LogP contribution in [-0.2, 0) is 11.2 Å². The number of carbonyl (C=O) groups excluding carboxylic acids is 1. The lowest BCUT2D eigenvalue weighted by atomic mass is 9.97. The zero-order valence-corrected chi connectivity index (χ0v) is 10.7. The van der Waals surface area contributed by atoms with Gasteiger partial charge in [0.15, 0.2) is 0 Å². The normalized spacial score (nSPS) is 13.5. The van der Waals surface area contributed by atoms with Crippen LogP contribution in [0.5, 0.6) is 5.75 Å². The molecule has 0 aliphatic carbocycles. The number of aryl methyl sites for hydroxylation is 1. The minimum absolute atomic E-state index is 0.0230. The van der Waals surface area contributed by atoms with Gasteiger partial charge in [0.25, 0.3) is 0 Å². The number of benzene rings is 1. The molecule has 0 aliphatic rings. The van der Waals surface area contributed by atoms with Gasteiger partial charge in [-0.15, -0.1) is 0 Å². The van der Waals surface area contributed by atoms with E-state index in [1.54, 1.807) is 19.1 Å². The maximum absolute atomic E-state index is 11.2. The van der Waals surface area contributed by atoms with E-state index in [4.69, 9.17) is 5.11 Å². The molecule has 1 unspecified atom stereocenters. The van der Waals surface area contributed by atoms with E-state index in [-0.39, 0.29) is 11.7 Å². The van der Waals surface area contributed by atoms with E-state index < -0.39 is 0 Å². The van der Waals surface area contributed by atoms with Gasteiger partial charge in [-0.25, -0.2) is 0 Å². The number of ketones is 1. The summed E-state index contributed by atoms with van der Waals surface area (Å²) in [5.41, 5.74) is 2.33. The highest BCUT2D eigenvalue weighted by molar-refractivity contribution is 5.80.